The third-order valence-electron chi connectivity index (χ3n) is 3.75. The fourth-order valence-corrected chi connectivity index (χ4v) is 2.55. The number of halogens is 1. The molecule has 1 aliphatic heterocycles. The maximum Gasteiger partial charge on any atom is 0.305 e. The van der Waals surface area contributed by atoms with E-state index in [0.29, 0.717) is 31.6 Å². The average Bonchev–Trinajstić information content (AvgIpc) is 2.42. The third kappa shape index (κ3) is 3.01. The monoisotopic (exact) mass is 280 g/mol. The Morgan fingerprint density at radius 2 is 2.25 bits per heavy atom. The van der Waals surface area contributed by atoms with Crippen LogP contribution in [0.25, 0.3) is 0 Å². The molecule has 0 aliphatic carbocycles. The van der Waals surface area contributed by atoms with E-state index in [2.05, 4.69) is 0 Å². The Kier molecular flexibility index (Phi) is 4.44. The number of nitro groups is 1. The van der Waals surface area contributed by atoms with E-state index in [-0.39, 0.29) is 11.7 Å². The molecule has 0 N–H and O–H groups in total. The molecule has 0 spiro atoms. The Bertz CT molecular complexity index is 533. The number of carbonyl (C=O) groups excluding carboxylic acids is 1. The molecule has 0 bridgehead atoms. The van der Waals surface area contributed by atoms with Gasteiger partial charge < -0.3 is 0 Å². The van der Waals surface area contributed by atoms with Crippen molar-refractivity contribution in [3.05, 3.63) is 39.7 Å². The first-order valence-corrected chi connectivity index (χ1v) is 6.69. The zero-order chi connectivity index (χ0) is 14.7. The van der Waals surface area contributed by atoms with Gasteiger partial charge >= 0.3 is 5.69 Å². The van der Waals surface area contributed by atoms with Gasteiger partial charge in [-0.05, 0) is 6.42 Å². The largest absolute Gasteiger partial charge is 0.305 e. The lowest BCUT2D eigenvalue weighted by Crippen LogP contribution is -2.40. The number of benzene rings is 1. The summed E-state index contributed by atoms with van der Waals surface area (Å²) in [4.78, 5) is 23.6. The first-order valence-electron chi connectivity index (χ1n) is 6.69. The number of hydrogen-bond acceptors (Lipinski definition) is 4. The molecule has 1 aliphatic rings. The van der Waals surface area contributed by atoms with Gasteiger partial charge in [-0.3, -0.25) is 19.8 Å². The number of likely N-dealkylation sites (tertiary alicyclic amines) is 1. The van der Waals surface area contributed by atoms with Crippen LogP contribution in [0.3, 0.4) is 0 Å². The molecule has 0 radical (unpaired) electrons. The fraction of sp³-hybridized carbons (Fsp3) is 0.500. The molecule has 1 aromatic carbocycles. The molecule has 0 saturated carbocycles. The highest BCUT2D eigenvalue weighted by Gasteiger charge is 2.27. The van der Waals surface area contributed by atoms with Gasteiger partial charge in [0, 0.05) is 43.6 Å². The number of nitrogens with zero attached hydrogens (tertiary/aromatic N) is 2. The highest BCUT2D eigenvalue weighted by Crippen LogP contribution is 2.23. The van der Waals surface area contributed by atoms with Crippen LogP contribution in [-0.4, -0.2) is 28.7 Å². The van der Waals surface area contributed by atoms with Crippen molar-refractivity contribution in [2.24, 2.45) is 5.92 Å². The second-order valence-corrected chi connectivity index (χ2v) is 5.06. The number of Topliss-reactive ketones (excluding diaryl/α,β-unsaturated/α-hetero) is 1. The number of piperidine rings is 1. The maximum atomic E-state index is 14.0. The van der Waals surface area contributed by atoms with Crippen LogP contribution in [0.15, 0.2) is 18.2 Å². The van der Waals surface area contributed by atoms with E-state index in [4.69, 9.17) is 0 Å². The number of nitro benzene ring substituents is 1. The van der Waals surface area contributed by atoms with Crippen LogP contribution in [-0.2, 0) is 11.3 Å². The van der Waals surface area contributed by atoms with Gasteiger partial charge in [0.1, 0.15) is 5.78 Å². The summed E-state index contributed by atoms with van der Waals surface area (Å²) >= 11 is 0. The van der Waals surface area contributed by atoms with Crippen LogP contribution >= 0.6 is 0 Å². The van der Waals surface area contributed by atoms with Crippen LogP contribution in [0.2, 0.25) is 0 Å². The molecule has 0 aromatic heterocycles. The number of hydrogen-bond donors (Lipinski definition) is 0. The predicted octanol–water partition coefficient (Wildman–Crippen LogP) is 2.53. The molecule has 20 heavy (non-hydrogen) atoms. The minimum Gasteiger partial charge on any atom is -0.299 e. The van der Waals surface area contributed by atoms with E-state index in [1.807, 2.05) is 11.8 Å². The summed E-state index contributed by atoms with van der Waals surface area (Å²) in [6.45, 7) is 3.44. The molecule has 1 fully saturated rings. The van der Waals surface area contributed by atoms with Crippen molar-refractivity contribution in [3.63, 3.8) is 0 Å². The van der Waals surface area contributed by atoms with Crippen molar-refractivity contribution in [1.82, 2.24) is 4.90 Å². The van der Waals surface area contributed by atoms with E-state index in [1.165, 1.54) is 6.07 Å². The Labute approximate surface area is 116 Å². The summed E-state index contributed by atoms with van der Waals surface area (Å²) in [5.74, 6) is -0.531. The Hall–Kier alpha value is -1.82. The zero-order valence-electron chi connectivity index (χ0n) is 11.3. The summed E-state index contributed by atoms with van der Waals surface area (Å²) in [6, 6.07) is 4.20. The number of rotatable bonds is 4. The summed E-state index contributed by atoms with van der Waals surface area (Å²) in [6.07, 6.45) is 1.24. The van der Waals surface area contributed by atoms with Crippen molar-refractivity contribution in [2.45, 2.75) is 26.3 Å². The first-order chi connectivity index (χ1) is 9.52. The third-order valence-corrected chi connectivity index (χ3v) is 3.75. The molecule has 1 saturated heterocycles. The normalized spacial score (nSPS) is 20.1. The van der Waals surface area contributed by atoms with Crippen LogP contribution in [0.1, 0.15) is 25.3 Å². The molecular weight excluding hydrogens is 263 g/mol. The topological polar surface area (TPSA) is 63.4 Å². The van der Waals surface area contributed by atoms with Gasteiger partial charge in [0.2, 0.25) is 5.82 Å². The Morgan fingerprint density at radius 1 is 1.50 bits per heavy atom. The minimum atomic E-state index is -0.776. The van der Waals surface area contributed by atoms with Gasteiger partial charge in [-0.2, -0.15) is 4.39 Å². The Morgan fingerprint density at radius 3 is 2.90 bits per heavy atom. The van der Waals surface area contributed by atoms with Crippen LogP contribution < -0.4 is 0 Å². The van der Waals surface area contributed by atoms with Crippen LogP contribution in [0, 0.1) is 21.8 Å². The predicted molar refractivity (Wildman–Crippen MR) is 71.7 cm³/mol. The van der Waals surface area contributed by atoms with Gasteiger partial charge in [-0.15, -0.1) is 0 Å². The second kappa shape index (κ2) is 6.09. The quantitative estimate of drug-likeness (QED) is 0.628. The van der Waals surface area contributed by atoms with Gasteiger partial charge in [0.25, 0.3) is 0 Å². The van der Waals surface area contributed by atoms with Crippen LogP contribution in [0.5, 0.6) is 0 Å². The highest BCUT2D eigenvalue weighted by molar-refractivity contribution is 5.82. The summed E-state index contributed by atoms with van der Waals surface area (Å²) in [7, 11) is 0. The minimum absolute atomic E-state index is 0.00879. The average molecular weight is 280 g/mol. The van der Waals surface area contributed by atoms with E-state index in [9.17, 15) is 19.3 Å². The summed E-state index contributed by atoms with van der Waals surface area (Å²) in [5.41, 5.74) is -0.189. The molecular formula is C14H17FN2O3. The molecule has 1 heterocycles. The van der Waals surface area contributed by atoms with Crippen molar-refractivity contribution in [2.75, 3.05) is 13.1 Å². The van der Waals surface area contributed by atoms with Crippen molar-refractivity contribution in [1.29, 1.82) is 0 Å². The smallest absolute Gasteiger partial charge is 0.299 e. The van der Waals surface area contributed by atoms with E-state index in [0.717, 1.165) is 12.5 Å². The van der Waals surface area contributed by atoms with Crippen molar-refractivity contribution >= 4 is 11.5 Å². The lowest BCUT2D eigenvalue weighted by molar-refractivity contribution is -0.387. The molecule has 1 aromatic rings. The fourth-order valence-electron chi connectivity index (χ4n) is 2.55. The van der Waals surface area contributed by atoms with Gasteiger partial charge in [-0.25, -0.2) is 0 Å². The molecule has 6 heteroatoms. The maximum absolute atomic E-state index is 14.0. The second-order valence-electron chi connectivity index (χ2n) is 5.06. The number of carbonyl (C=O) groups is 1. The van der Waals surface area contributed by atoms with E-state index >= 15 is 0 Å². The van der Waals surface area contributed by atoms with Crippen LogP contribution in [0.4, 0.5) is 10.1 Å². The van der Waals surface area contributed by atoms with E-state index in [1.54, 1.807) is 6.07 Å². The van der Waals surface area contributed by atoms with E-state index < -0.39 is 16.4 Å². The Balaban J connectivity index is 2.13. The van der Waals surface area contributed by atoms with Gasteiger partial charge in [0.05, 0.1) is 4.92 Å². The lowest BCUT2D eigenvalue weighted by atomic mass is 9.94. The summed E-state index contributed by atoms with van der Waals surface area (Å²) < 4.78 is 14.0. The zero-order valence-corrected chi connectivity index (χ0v) is 11.3. The molecule has 1 unspecified atom stereocenters. The number of ketones is 1. The molecule has 0 amide bonds. The lowest BCUT2D eigenvalue weighted by Gasteiger charge is -2.31. The van der Waals surface area contributed by atoms with Crippen molar-refractivity contribution < 1.29 is 14.1 Å². The SMILES string of the molecule is CCC1CN(Cc2cccc([N+](=O)[O-])c2F)CCC1=O. The van der Waals surface area contributed by atoms with Gasteiger partial charge in [0.15, 0.2) is 0 Å². The van der Waals surface area contributed by atoms with Gasteiger partial charge in [-0.1, -0.05) is 19.1 Å². The molecule has 2 rings (SSSR count). The molecule has 1 atom stereocenters. The summed E-state index contributed by atoms with van der Waals surface area (Å²) in [5, 5.41) is 10.7. The standard InChI is InChI=1S/C14H17FN2O3/c1-2-10-8-16(7-6-13(10)18)9-11-4-3-5-12(14(11)15)17(19)20/h3-5,10H,2,6-9H2,1H3. The molecule has 108 valence electrons. The highest BCUT2D eigenvalue weighted by atomic mass is 19.1. The first kappa shape index (κ1) is 14.6. The van der Waals surface area contributed by atoms with Crippen molar-refractivity contribution in [3.8, 4) is 0 Å². The molecule has 5 nitrogen and oxygen atoms in total.